The van der Waals surface area contributed by atoms with Crippen molar-refractivity contribution in [1.29, 1.82) is 0 Å². The summed E-state index contributed by atoms with van der Waals surface area (Å²) in [4.78, 5) is 12.0. The van der Waals surface area contributed by atoms with Gasteiger partial charge >= 0.3 is 0 Å². The predicted octanol–water partition coefficient (Wildman–Crippen LogP) is 3.73. The fraction of sp³-hybridized carbons (Fsp3) is 0.188. The van der Waals surface area contributed by atoms with E-state index in [2.05, 4.69) is 5.32 Å². The smallest absolute Gasteiger partial charge is 0.255 e. The molecule has 21 heavy (non-hydrogen) atoms. The molecule has 0 bridgehead atoms. The molecule has 0 aliphatic carbocycles. The molecule has 0 radical (unpaired) electrons. The van der Waals surface area contributed by atoms with Crippen molar-refractivity contribution < 1.29 is 14.3 Å². The Hall–Kier alpha value is -2.07. The van der Waals surface area contributed by atoms with E-state index in [4.69, 9.17) is 11.6 Å². The standard InChI is InChI=1S/C16H15ClFNO2/c1-9-5-11(6-10(2)15(9)18)8-19-16(21)13-7-12(17)3-4-14(13)20/h3-7,20H,8H2,1-2H3,(H,19,21). The summed E-state index contributed by atoms with van der Waals surface area (Å²) in [7, 11) is 0. The monoisotopic (exact) mass is 307 g/mol. The van der Waals surface area contributed by atoms with Crippen LogP contribution in [0.15, 0.2) is 30.3 Å². The van der Waals surface area contributed by atoms with Crippen LogP contribution in [0.25, 0.3) is 0 Å². The number of benzene rings is 2. The van der Waals surface area contributed by atoms with Gasteiger partial charge in [-0.3, -0.25) is 4.79 Å². The van der Waals surface area contributed by atoms with Crippen LogP contribution >= 0.6 is 11.6 Å². The fourth-order valence-corrected chi connectivity index (χ4v) is 2.28. The van der Waals surface area contributed by atoms with E-state index in [0.29, 0.717) is 16.1 Å². The van der Waals surface area contributed by atoms with Gasteiger partial charge in [0.1, 0.15) is 11.6 Å². The Balaban J connectivity index is 2.13. The highest BCUT2D eigenvalue weighted by atomic mass is 35.5. The Morgan fingerprint density at radius 2 is 1.86 bits per heavy atom. The summed E-state index contributed by atoms with van der Waals surface area (Å²) in [5.74, 6) is -0.810. The van der Waals surface area contributed by atoms with Crippen LogP contribution in [0.3, 0.4) is 0 Å². The molecule has 2 aromatic rings. The SMILES string of the molecule is Cc1cc(CNC(=O)c2cc(Cl)ccc2O)cc(C)c1F. The molecular weight excluding hydrogens is 293 g/mol. The second-order valence-corrected chi connectivity index (χ2v) is 5.32. The molecule has 110 valence electrons. The van der Waals surface area contributed by atoms with Crippen molar-refractivity contribution in [1.82, 2.24) is 5.32 Å². The first kappa shape index (κ1) is 15.3. The first-order valence-electron chi connectivity index (χ1n) is 6.41. The summed E-state index contributed by atoms with van der Waals surface area (Å²) in [5.41, 5.74) is 1.97. The van der Waals surface area contributed by atoms with Crippen molar-refractivity contribution in [2.75, 3.05) is 0 Å². The molecule has 0 fully saturated rings. The van der Waals surface area contributed by atoms with E-state index >= 15 is 0 Å². The molecule has 3 nitrogen and oxygen atoms in total. The largest absolute Gasteiger partial charge is 0.507 e. The maximum atomic E-state index is 13.5. The lowest BCUT2D eigenvalue weighted by atomic mass is 10.1. The first-order chi connectivity index (χ1) is 9.88. The van der Waals surface area contributed by atoms with Gasteiger partial charge in [-0.05, 0) is 48.7 Å². The molecule has 2 rings (SSSR count). The van der Waals surface area contributed by atoms with Crippen LogP contribution in [-0.2, 0) is 6.54 Å². The number of carbonyl (C=O) groups is 1. The van der Waals surface area contributed by atoms with Crippen molar-refractivity contribution in [3.63, 3.8) is 0 Å². The molecule has 0 unspecified atom stereocenters. The van der Waals surface area contributed by atoms with Crippen molar-refractivity contribution in [3.8, 4) is 5.75 Å². The van der Waals surface area contributed by atoms with E-state index in [1.807, 2.05) is 0 Å². The van der Waals surface area contributed by atoms with Crippen LogP contribution in [0.5, 0.6) is 5.75 Å². The minimum atomic E-state index is -0.436. The van der Waals surface area contributed by atoms with Gasteiger partial charge in [0.25, 0.3) is 5.91 Å². The average molecular weight is 308 g/mol. The molecule has 2 aromatic carbocycles. The van der Waals surface area contributed by atoms with Gasteiger partial charge in [0.05, 0.1) is 5.56 Å². The number of carbonyl (C=O) groups excluding carboxylic acids is 1. The number of aromatic hydroxyl groups is 1. The average Bonchev–Trinajstić information content (AvgIpc) is 2.44. The van der Waals surface area contributed by atoms with Gasteiger partial charge in [-0.2, -0.15) is 0 Å². The number of hydrogen-bond donors (Lipinski definition) is 2. The number of phenolic OH excluding ortho intramolecular Hbond substituents is 1. The van der Waals surface area contributed by atoms with E-state index in [0.717, 1.165) is 5.56 Å². The van der Waals surface area contributed by atoms with Gasteiger partial charge in [-0.25, -0.2) is 4.39 Å². The molecule has 0 saturated carbocycles. The van der Waals surface area contributed by atoms with E-state index in [1.165, 1.54) is 18.2 Å². The first-order valence-corrected chi connectivity index (χ1v) is 6.78. The van der Waals surface area contributed by atoms with E-state index < -0.39 is 5.91 Å². The third-order valence-electron chi connectivity index (χ3n) is 3.15. The van der Waals surface area contributed by atoms with Gasteiger partial charge < -0.3 is 10.4 Å². The highest BCUT2D eigenvalue weighted by molar-refractivity contribution is 6.31. The van der Waals surface area contributed by atoms with Crippen LogP contribution in [-0.4, -0.2) is 11.0 Å². The van der Waals surface area contributed by atoms with Crippen LogP contribution in [0.2, 0.25) is 5.02 Å². The maximum Gasteiger partial charge on any atom is 0.255 e. The molecule has 0 atom stereocenters. The normalized spacial score (nSPS) is 10.5. The van der Waals surface area contributed by atoms with E-state index in [9.17, 15) is 14.3 Å². The maximum absolute atomic E-state index is 13.5. The quantitative estimate of drug-likeness (QED) is 0.907. The summed E-state index contributed by atoms with van der Waals surface area (Å²) in [6, 6.07) is 7.62. The minimum absolute atomic E-state index is 0.109. The van der Waals surface area contributed by atoms with E-state index in [1.54, 1.807) is 26.0 Å². The molecule has 0 aliphatic rings. The molecule has 1 amide bonds. The van der Waals surface area contributed by atoms with Crippen LogP contribution < -0.4 is 5.32 Å². The van der Waals surface area contributed by atoms with Crippen molar-refractivity contribution in [2.45, 2.75) is 20.4 Å². The Kier molecular flexibility index (Phi) is 4.48. The summed E-state index contributed by atoms with van der Waals surface area (Å²) in [5, 5.41) is 12.7. The summed E-state index contributed by atoms with van der Waals surface area (Å²) in [6.07, 6.45) is 0. The number of phenols is 1. The molecule has 0 heterocycles. The lowest BCUT2D eigenvalue weighted by molar-refractivity contribution is 0.0948. The van der Waals surface area contributed by atoms with Gasteiger partial charge in [0.2, 0.25) is 0 Å². The predicted molar refractivity (Wildman–Crippen MR) is 80.2 cm³/mol. The third-order valence-corrected chi connectivity index (χ3v) is 3.39. The van der Waals surface area contributed by atoms with Crippen LogP contribution in [0.1, 0.15) is 27.0 Å². The van der Waals surface area contributed by atoms with E-state index in [-0.39, 0.29) is 23.7 Å². The Bertz CT molecular complexity index is 678. The second-order valence-electron chi connectivity index (χ2n) is 4.89. The van der Waals surface area contributed by atoms with Crippen molar-refractivity contribution in [3.05, 3.63) is 63.4 Å². The van der Waals surface area contributed by atoms with Gasteiger partial charge in [0, 0.05) is 11.6 Å². The summed E-state index contributed by atoms with van der Waals surface area (Å²) in [6.45, 7) is 3.60. The third kappa shape index (κ3) is 3.52. The molecule has 0 spiro atoms. The molecule has 2 N–H and O–H groups in total. The number of aryl methyl sites for hydroxylation is 2. The Morgan fingerprint density at radius 1 is 1.24 bits per heavy atom. The van der Waals surface area contributed by atoms with Crippen LogP contribution in [0, 0.1) is 19.7 Å². The Labute approximate surface area is 127 Å². The fourth-order valence-electron chi connectivity index (χ4n) is 2.11. The lowest BCUT2D eigenvalue weighted by Gasteiger charge is -2.09. The Morgan fingerprint density at radius 3 is 2.48 bits per heavy atom. The van der Waals surface area contributed by atoms with Gasteiger partial charge in [0.15, 0.2) is 0 Å². The zero-order valence-corrected chi connectivity index (χ0v) is 12.5. The highest BCUT2D eigenvalue weighted by Crippen LogP contribution is 2.21. The number of amides is 1. The number of nitrogens with one attached hydrogen (secondary N) is 1. The molecule has 0 saturated heterocycles. The second kappa shape index (κ2) is 6.14. The zero-order valence-electron chi connectivity index (χ0n) is 11.7. The zero-order chi connectivity index (χ0) is 15.6. The summed E-state index contributed by atoms with van der Waals surface area (Å²) >= 11 is 5.80. The van der Waals surface area contributed by atoms with Crippen LogP contribution in [0.4, 0.5) is 4.39 Å². The number of rotatable bonds is 3. The highest BCUT2D eigenvalue weighted by Gasteiger charge is 2.12. The molecular formula is C16H15ClFNO2. The lowest BCUT2D eigenvalue weighted by Crippen LogP contribution is -2.23. The van der Waals surface area contributed by atoms with Crippen molar-refractivity contribution >= 4 is 17.5 Å². The molecule has 0 aromatic heterocycles. The van der Waals surface area contributed by atoms with Crippen molar-refractivity contribution in [2.24, 2.45) is 0 Å². The minimum Gasteiger partial charge on any atom is -0.507 e. The topological polar surface area (TPSA) is 49.3 Å². The number of hydrogen-bond acceptors (Lipinski definition) is 2. The summed E-state index contributed by atoms with van der Waals surface area (Å²) < 4.78 is 13.5. The van der Waals surface area contributed by atoms with Gasteiger partial charge in [-0.15, -0.1) is 0 Å². The molecule has 0 aliphatic heterocycles. The molecule has 5 heteroatoms. The number of halogens is 2. The van der Waals surface area contributed by atoms with Gasteiger partial charge in [-0.1, -0.05) is 23.7 Å².